The normalized spacial score (nSPS) is 29.6. The van der Waals surface area contributed by atoms with Crippen molar-refractivity contribution in [1.29, 1.82) is 0 Å². The second kappa shape index (κ2) is 17.9. The quantitative estimate of drug-likeness (QED) is 0.356. The van der Waals surface area contributed by atoms with Crippen LogP contribution in [0.15, 0.2) is 46.6 Å². The Morgan fingerprint density at radius 1 is 1.15 bits per heavy atom. The van der Waals surface area contributed by atoms with Crippen LogP contribution in [-0.2, 0) is 30.6 Å². The number of oxazole rings is 1. The number of amides is 2. The highest BCUT2D eigenvalue weighted by atomic mass is 32.2. The van der Waals surface area contributed by atoms with Crippen molar-refractivity contribution in [1.82, 2.24) is 20.1 Å². The van der Waals surface area contributed by atoms with Crippen LogP contribution < -0.4 is 5.32 Å². The number of carbonyl (C=O) groups excluding carboxylic acids is 3. The van der Waals surface area contributed by atoms with E-state index in [1.165, 1.54) is 11.0 Å². The summed E-state index contributed by atoms with van der Waals surface area (Å²) in [5.74, 6) is -2.66. The molecule has 2 amide bonds. The van der Waals surface area contributed by atoms with E-state index >= 15 is 0 Å². The third-order valence-electron chi connectivity index (χ3n) is 8.80. The summed E-state index contributed by atoms with van der Waals surface area (Å²) in [5, 5.41) is 22.6. The molecule has 2 aliphatic heterocycles. The van der Waals surface area contributed by atoms with Crippen molar-refractivity contribution < 1.29 is 42.2 Å². The first kappa shape index (κ1) is 39.1. The first-order valence-corrected chi connectivity index (χ1v) is 18.4. The van der Waals surface area contributed by atoms with Crippen molar-refractivity contribution in [3.05, 3.63) is 53.8 Å². The molecule has 3 rings (SSSR count). The maximum absolute atomic E-state index is 14.0. The minimum absolute atomic E-state index is 0.0214. The van der Waals surface area contributed by atoms with Crippen molar-refractivity contribution in [2.75, 3.05) is 38.5 Å². The molecule has 13 nitrogen and oxygen atoms in total. The zero-order chi connectivity index (χ0) is 35.6. The van der Waals surface area contributed by atoms with Crippen molar-refractivity contribution in [3.63, 3.8) is 0 Å². The second-order valence-corrected chi connectivity index (χ2v) is 15.2. The van der Waals surface area contributed by atoms with E-state index in [4.69, 9.17) is 9.15 Å². The predicted molar refractivity (Wildman–Crippen MR) is 181 cm³/mol. The van der Waals surface area contributed by atoms with Crippen molar-refractivity contribution in [2.45, 2.75) is 90.4 Å². The number of nitrogens with zero attached hydrogens (tertiary/aromatic N) is 3. The van der Waals surface area contributed by atoms with E-state index in [1.807, 2.05) is 32.6 Å². The molecule has 1 unspecified atom stereocenters. The maximum Gasteiger partial charge on any atom is 0.330 e. The Bertz CT molecular complexity index is 1450. The fourth-order valence-electron chi connectivity index (χ4n) is 6.10. The molecule has 48 heavy (non-hydrogen) atoms. The average Bonchev–Trinajstić information content (AvgIpc) is 3.68. The Morgan fingerprint density at radius 2 is 1.85 bits per heavy atom. The number of sulfone groups is 1. The number of ether oxygens (including phenoxy) is 1. The van der Waals surface area contributed by atoms with Crippen LogP contribution in [0.2, 0.25) is 0 Å². The number of aromatic nitrogens is 1. The van der Waals surface area contributed by atoms with Gasteiger partial charge in [-0.15, -0.1) is 0 Å². The Hall–Kier alpha value is -3.33. The predicted octanol–water partition coefficient (Wildman–Crippen LogP) is 2.06. The summed E-state index contributed by atoms with van der Waals surface area (Å²) in [5.41, 5.74) is 0.587. The van der Waals surface area contributed by atoms with Gasteiger partial charge < -0.3 is 34.5 Å². The lowest BCUT2D eigenvalue weighted by molar-refractivity contribution is -0.157. The number of allylic oxidation sites excluding steroid dienone is 2. The van der Waals surface area contributed by atoms with Gasteiger partial charge in [0.25, 0.3) is 5.91 Å². The first-order valence-electron chi connectivity index (χ1n) is 16.7. The maximum atomic E-state index is 14.0. The number of rotatable bonds is 7. The summed E-state index contributed by atoms with van der Waals surface area (Å²) in [7, 11) is -3.86. The summed E-state index contributed by atoms with van der Waals surface area (Å²) in [4.78, 5) is 47.7. The molecule has 0 radical (unpaired) electrons. The Kier molecular flexibility index (Phi) is 14.6. The molecule has 3 heterocycles. The fraction of sp³-hybridized carbons (Fsp3) is 0.647. The zero-order valence-electron chi connectivity index (χ0n) is 28.9. The highest BCUT2D eigenvalue weighted by Crippen LogP contribution is 2.30. The largest absolute Gasteiger partial charge is 0.460 e. The van der Waals surface area contributed by atoms with Crippen LogP contribution in [0.5, 0.6) is 0 Å². The SMILES string of the molecule is CCN(CC)CCS(=O)(=O)[C@@H]1CCN2C(=O)c3coc(n3)C[C@H](O)C[C@H](O)/C=C(C)/C=C/CNC(=O)/C=C/[C@@H](C)C(C(C)C)OC(=O)[C@@H]12. The van der Waals surface area contributed by atoms with Crippen LogP contribution in [0.25, 0.3) is 0 Å². The van der Waals surface area contributed by atoms with Gasteiger partial charge in [-0.25, -0.2) is 18.2 Å². The molecule has 0 spiro atoms. The Labute approximate surface area is 284 Å². The van der Waals surface area contributed by atoms with Crippen LogP contribution in [0.3, 0.4) is 0 Å². The average molecular weight is 693 g/mol. The van der Waals surface area contributed by atoms with Crippen LogP contribution in [0.4, 0.5) is 0 Å². The third-order valence-corrected chi connectivity index (χ3v) is 11.0. The van der Waals surface area contributed by atoms with Crippen molar-refractivity contribution >= 4 is 27.6 Å². The molecule has 2 aliphatic rings. The summed E-state index contributed by atoms with van der Waals surface area (Å²) >= 11 is 0. The lowest BCUT2D eigenvalue weighted by Gasteiger charge is -2.31. The number of carbonyl (C=O) groups is 3. The number of cyclic esters (lactones) is 1. The molecule has 14 heteroatoms. The molecular weight excluding hydrogens is 640 g/mol. The minimum Gasteiger partial charge on any atom is -0.460 e. The van der Waals surface area contributed by atoms with Crippen molar-refractivity contribution in [2.24, 2.45) is 11.8 Å². The van der Waals surface area contributed by atoms with Crippen LogP contribution >= 0.6 is 0 Å². The van der Waals surface area contributed by atoms with Gasteiger partial charge in [-0.3, -0.25) is 9.59 Å². The summed E-state index contributed by atoms with van der Waals surface area (Å²) in [6, 6.07) is -1.43. The molecule has 1 aromatic rings. The van der Waals surface area contributed by atoms with E-state index in [0.717, 1.165) is 11.8 Å². The minimum atomic E-state index is -3.86. The highest BCUT2D eigenvalue weighted by molar-refractivity contribution is 7.92. The molecule has 0 saturated carbocycles. The summed E-state index contributed by atoms with van der Waals surface area (Å²) < 4.78 is 39.0. The summed E-state index contributed by atoms with van der Waals surface area (Å²) in [6.07, 6.45) is 6.32. The van der Waals surface area contributed by atoms with Gasteiger partial charge >= 0.3 is 5.97 Å². The lowest BCUT2D eigenvalue weighted by atomic mass is 9.94. The standard InChI is InChI=1S/C34H52N4O9S/c1-7-37(8-2)16-17-48(44,45)28-13-15-38-31(28)34(43)47-32(22(3)4)24(6)11-12-29(41)35-14-9-10-23(5)18-25(39)19-26(40)20-30-36-27(21-46-30)33(38)42/h9-12,18,21-22,24-26,28,31-32,39-40H,7-8,13-17,19-20H2,1-6H3,(H,35,41)/b10-9+,12-11+,23-18+/t24-,25-,26-,28-,31-,32?/m1/s1. The Balaban J connectivity index is 2.00. The van der Waals surface area contributed by atoms with E-state index < -0.39 is 57.2 Å². The van der Waals surface area contributed by atoms with Gasteiger partial charge in [0.05, 0.1) is 29.6 Å². The lowest BCUT2D eigenvalue weighted by Crippen LogP contribution is -2.50. The molecule has 1 saturated heterocycles. The zero-order valence-corrected chi connectivity index (χ0v) is 29.7. The van der Waals surface area contributed by atoms with Crippen molar-refractivity contribution in [3.8, 4) is 0 Å². The van der Waals surface area contributed by atoms with Gasteiger partial charge in [0, 0.05) is 32.0 Å². The number of nitrogens with one attached hydrogen (secondary N) is 1. The Morgan fingerprint density at radius 3 is 2.52 bits per heavy atom. The molecule has 268 valence electrons. The molecular formula is C34H52N4O9S. The summed E-state index contributed by atoms with van der Waals surface area (Å²) in [6.45, 7) is 13.0. The van der Waals surface area contributed by atoms with Gasteiger partial charge in [0.2, 0.25) is 5.91 Å². The molecule has 2 bridgehead atoms. The van der Waals surface area contributed by atoms with Gasteiger partial charge in [-0.05, 0) is 38.4 Å². The molecule has 0 aliphatic carbocycles. The topological polar surface area (TPSA) is 180 Å². The van der Waals surface area contributed by atoms with Gasteiger partial charge in [-0.1, -0.05) is 64.5 Å². The highest BCUT2D eigenvalue weighted by Gasteiger charge is 2.50. The molecule has 3 N–H and O–H groups in total. The van der Waals surface area contributed by atoms with E-state index in [2.05, 4.69) is 10.3 Å². The van der Waals surface area contributed by atoms with E-state index in [9.17, 15) is 33.0 Å². The molecule has 0 aromatic carbocycles. The van der Waals surface area contributed by atoms with Gasteiger partial charge in [0.15, 0.2) is 21.4 Å². The van der Waals surface area contributed by atoms with Gasteiger partial charge in [0.1, 0.15) is 18.4 Å². The van der Waals surface area contributed by atoms with E-state index in [1.54, 1.807) is 38.2 Å². The first-order chi connectivity index (χ1) is 22.7. The van der Waals surface area contributed by atoms with E-state index in [-0.39, 0.29) is 68.1 Å². The number of hydrogen-bond donors (Lipinski definition) is 3. The monoisotopic (exact) mass is 692 g/mol. The number of fused-ring (bicyclic) bond motifs is 3. The van der Waals surface area contributed by atoms with Crippen LogP contribution in [0.1, 0.15) is 70.8 Å². The third kappa shape index (κ3) is 10.8. The van der Waals surface area contributed by atoms with Crippen LogP contribution in [0, 0.1) is 11.8 Å². The smallest absolute Gasteiger partial charge is 0.330 e. The van der Waals surface area contributed by atoms with E-state index in [0.29, 0.717) is 13.1 Å². The number of esters is 1. The number of aliphatic hydroxyl groups excluding tert-OH is 2. The molecule has 6 atom stereocenters. The van der Waals surface area contributed by atoms with Crippen LogP contribution in [-0.4, -0.2) is 119 Å². The number of hydrogen-bond acceptors (Lipinski definition) is 11. The number of aliphatic hydroxyl groups is 2. The van der Waals surface area contributed by atoms with Gasteiger partial charge in [-0.2, -0.15) is 0 Å². The molecule has 1 aromatic heterocycles. The fourth-order valence-corrected chi connectivity index (χ4v) is 8.03. The molecule has 1 fully saturated rings. The second-order valence-electron chi connectivity index (χ2n) is 12.9.